The van der Waals surface area contributed by atoms with Gasteiger partial charge in [0.1, 0.15) is 13.1 Å². The Bertz CT molecular complexity index is 654. The van der Waals surface area contributed by atoms with Gasteiger partial charge in [-0.3, -0.25) is 4.79 Å². The summed E-state index contributed by atoms with van der Waals surface area (Å²) in [5.74, 6) is 0.941. The van der Waals surface area contributed by atoms with Gasteiger partial charge >= 0.3 is 0 Å². The van der Waals surface area contributed by atoms with Crippen molar-refractivity contribution in [2.24, 2.45) is 0 Å². The predicted molar refractivity (Wildman–Crippen MR) is 87.4 cm³/mol. The fraction of sp³-hybridized carbons (Fsp3) is 0.375. The number of nitrogens with one attached hydrogen (secondary N) is 2. The molecule has 1 aromatic carbocycles. The van der Waals surface area contributed by atoms with Crippen LogP contribution in [0.15, 0.2) is 46.3 Å². The Labute approximate surface area is 133 Å². The highest BCUT2D eigenvalue weighted by Gasteiger charge is 2.13. The number of H-pyrrole nitrogens is 1. The number of benzene rings is 1. The van der Waals surface area contributed by atoms with Gasteiger partial charge in [0.25, 0.3) is 5.56 Å². The molecule has 5 nitrogen and oxygen atoms in total. The van der Waals surface area contributed by atoms with E-state index in [1.165, 1.54) is 0 Å². The van der Waals surface area contributed by atoms with Gasteiger partial charge in [-0.1, -0.05) is 42.1 Å². The highest BCUT2D eigenvalue weighted by molar-refractivity contribution is 7.99. The molecule has 22 heavy (non-hydrogen) atoms. The Balaban J connectivity index is 1.64. The van der Waals surface area contributed by atoms with Crippen molar-refractivity contribution in [1.82, 2.24) is 9.97 Å². The van der Waals surface area contributed by atoms with Crippen LogP contribution in [0.5, 0.6) is 0 Å². The molecule has 1 aliphatic rings. The summed E-state index contributed by atoms with van der Waals surface area (Å²) in [6, 6.07) is 11.3. The maximum absolute atomic E-state index is 11.8. The Kier molecular flexibility index (Phi) is 5.26. The zero-order valence-corrected chi connectivity index (χ0v) is 13.2. The van der Waals surface area contributed by atoms with Crippen molar-refractivity contribution in [3.63, 3.8) is 0 Å². The number of hydrogen-bond acceptors (Lipinski definition) is 4. The summed E-state index contributed by atoms with van der Waals surface area (Å²) in [5, 5.41) is 0.694. The quantitative estimate of drug-likeness (QED) is 0.621. The van der Waals surface area contributed by atoms with Gasteiger partial charge < -0.3 is 14.6 Å². The van der Waals surface area contributed by atoms with Crippen molar-refractivity contribution in [3.05, 3.63) is 46.8 Å². The SMILES string of the molecule is O=c1cc(-c2ccccc2)nc(SCC[NH+]2CCOCC2)[nH]1. The molecule has 116 valence electrons. The molecule has 0 bridgehead atoms. The number of thioether (sulfide) groups is 1. The van der Waals surface area contributed by atoms with Crippen molar-refractivity contribution in [2.45, 2.75) is 5.16 Å². The van der Waals surface area contributed by atoms with E-state index in [0.29, 0.717) is 5.16 Å². The molecule has 0 amide bonds. The summed E-state index contributed by atoms with van der Waals surface area (Å²) in [6.45, 7) is 4.88. The summed E-state index contributed by atoms with van der Waals surface area (Å²) < 4.78 is 5.36. The van der Waals surface area contributed by atoms with Crippen LogP contribution in [0.1, 0.15) is 0 Å². The fourth-order valence-electron chi connectivity index (χ4n) is 2.46. The summed E-state index contributed by atoms with van der Waals surface area (Å²) in [5.41, 5.74) is 1.59. The minimum Gasteiger partial charge on any atom is -0.370 e. The zero-order valence-electron chi connectivity index (χ0n) is 12.4. The van der Waals surface area contributed by atoms with Crippen molar-refractivity contribution in [2.75, 3.05) is 38.6 Å². The molecule has 0 radical (unpaired) electrons. The second-order valence-corrected chi connectivity index (χ2v) is 6.35. The first kappa shape index (κ1) is 15.3. The second-order valence-electron chi connectivity index (χ2n) is 5.26. The monoisotopic (exact) mass is 318 g/mol. The van der Waals surface area contributed by atoms with E-state index in [-0.39, 0.29) is 5.56 Å². The molecule has 3 rings (SSSR count). The van der Waals surface area contributed by atoms with Gasteiger partial charge in [0.2, 0.25) is 0 Å². The van der Waals surface area contributed by atoms with Crippen molar-refractivity contribution in [3.8, 4) is 11.3 Å². The number of quaternary nitrogens is 1. The number of morpholine rings is 1. The van der Waals surface area contributed by atoms with Gasteiger partial charge in [0.15, 0.2) is 5.16 Å². The first-order valence-corrected chi connectivity index (χ1v) is 8.51. The van der Waals surface area contributed by atoms with E-state index < -0.39 is 0 Å². The predicted octanol–water partition coefficient (Wildman–Crippen LogP) is 0.444. The second kappa shape index (κ2) is 7.58. The maximum Gasteiger partial charge on any atom is 0.252 e. The first-order valence-electron chi connectivity index (χ1n) is 7.52. The third-order valence-electron chi connectivity index (χ3n) is 3.68. The number of rotatable bonds is 5. The molecule has 1 aromatic heterocycles. The number of aromatic amines is 1. The van der Waals surface area contributed by atoms with Crippen molar-refractivity contribution >= 4 is 11.8 Å². The van der Waals surface area contributed by atoms with E-state index in [0.717, 1.165) is 49.9 Å². The van der Waals surface area contributed by atoms with Gasteiger partial charge in [-0.25, -0.2) is 4.98 Å². The normalized spacial score (nSPS) is 15.8. The summed E-state index contributed by atoms with van der Waals surface area (Å²) in [4.78, 5) is 20.8. The van der Waals surface area contributed by atoms with Gasteiger partial charge in [-0.05, 0) is 0 Å². The Morgan fingerprint density at radius 3 is 2.77 bits per heavy atom. The molecule has 1 fully saturated rings. The van der Waals surface area contributed by atoms with Crippen LogP contribution in [0, 0.1) is 0 Å². The van der Waals surface area contributed by atoms with E-state index in [2.05, 4.69) is 9.97 Å². The van der Waals surface area contributed by atoms with Crippen molar-refractivity contribution < 1.29 is 9.64 Å². The Morgan fingerprint density at radius 2 is 2.00 bits per heavy atom. The van der Waals surface area contributed by atoms with Gasteiger partial charge in [-0.15, -0.1) is 0 Å². The summed E-state index contributed by atoms with van der Waals surface area (Å²) in [6.07, 6.45) is 0. The third kappa shape index (κ3) is 4.19. The van der Waals surface area contributed by atoms with Crippen LogP contribution in [-0.4, -0.2) is 48.6 Å². The average Bonchev–Trinajstić information content (AvgIpc) is 2.56. The fourth-order valence-corrected chi connectivity index (χ4v) is 3.38. The molecular formula is C16H20N3O2S+. The van der Waals surface area contributed by atoms with Crippen molar-refractivity contribution in [1.29, 1.82) is 0 Å². The lowest BCUT2D eigenvalue weighted by Gasteiger charge is -2.23. The molecule has 0 aliphatic carbocycles. The van der Waals surface area contributed by atoms with Crippen LogP contribution in [0.2, 0.25) is 0 Å². The molecule has 0 atom stereocenters. The van der Waals surface area contributed by atoms with E-state index in [1.807, 2.05) is 30.3 Å². The number of aromatic nitrogens is 2. The molecule has 6 heteroatoms. The molecule has 2 heterocycles. The van der Waals surface area contributed by atoms with Crippen LogP contribution in [0.3, 0.4) is 0 Å². The molecule has 2 aromatic rings. The van der Waals surface area contributed by atoms with Crippen LogP contribution < -0.4 is 10.5 Å². The Hall–Kier alpha value is -1.63. The molecule has 2 N–H and O–H groups in total. The lowest BCUT2D eigenvalue weighted by Crippen LogP contribution is -3.14. The number of hydrogen-bond donors (Lipinski definition) is 2. The summed E-state index contributed by atoms with van der Waals surface area (Å²) >= 11 is 1.61. The van der Waals surface area contributed by atoms with Crippen LogP contribution in [0.4, 0.5) is 0 Å². The standard InChI is InChI=1S/C16H19N3O2S/c20-15-12-14(13-4-2-1-3-5-13)17-16(18-15)22-11-8-19-6-9-21-10-7-19/h1-5,12H,6-11H2,(H,17,18,20)/p+1. The number of ether oxygens (including phenoxy) is 1. The van der Waals surface area contributed by atoms with Crippen LogP contribution in [0.25, 0.3) is 11.3 Å². The Morgan fingerprint density at radius 1 is 1.23 bits per heavy atom. The topological polar surface area (TPSA) is 59.4 Å². The minimum atomic E-state index is -0.102. The average molecular weight is 318 g/mol. The lowest BCUT2D eigenvalue weighted by molar-refractivity contribution is -0.905. The summed E-state index contributed by atoms with van der Waals surface area (Å²) in [7, 11) is 0. The van der Waals surface area contributed by atoms with Crippen LogP contribution in [-0.2, 0) is 4.74 Å². The van der Waals surface area contributed by atoms with E-state index >= 15 is 0 Å². The zero-order chi connectivity index (χ0) is 15.2. The highest BCUT2D eigenvalue weighted by atomic mass is 32.2. The first-order chi connectivity index (χ1) is 10.8. The largest absolute Gasteiger partial charge is 0.370 e. The molecule has 0 saturated carbocycles. The van der Waals surface area contributed by atoms with E-state index in [9.17, 15) is 4.79 Å². The minimum absolute atomic E-state index is 0.102. The van der Waals surface area contributed by atoms with E-state index in [1.54, 1.807) is 22.7 Å². The highest BCUT2D eigenvalue weighted by Crippen LogP contribution is 2.17. The van der Waals surface area contributed by atoms with Crippen LogP contribution >= 0.6 is 11.8 Å². The molecule has 0 unspecified atom stereocenters. The van der Waals surface area contributed by atoms with Gasteiger partial charge in [0.05, 0.1) is 31.2 Å². The maximum atomic E-state index is 11.8. The third-order valence-corrected chi connectivity index (χ3v) is 4.56. The molecule has 0 spiro atoms. The number of nitrogens with zero attached hydrogens (tertiary/aromatic N) is 1. The smallest absolute Gasteiger partial charge is 0.252 e. The van der Waals surface area contributed by atoms with Gasteiger partial charge in [-0.2, -0.15) is 0 Å². The van der Waals surface area contributed by atoms with E-state index in [4.69, 9.17) is 4.74 Å². The molecule has 1 aliphatic heterocycles. The molecular weight excluding hydrogens is 298 g/mol. The lowest BCUT2D eigenvalue weighted by atomic mass is 10.1. The molecule has 1 saturated heterocycles. The van der Waals surface area contributed by atoms with Gasteiger partial charge in [0, 0.05) is 11.6 Å².